The molecule has 0 saturated heterocycles. The molecule has 0 atom stereocenters. The second-order valence-electron chi connectivity index (χ2n) is 6.06. The van der Waals surface area contributed by atoms with Crippen LogP contribution in [-0.2, 0) is 24.3 Å². The van der Waals surface area contributed by atoms with Crippen molar-refractivity contribution in [3.05, 3.63) is 59.6 Å². The number of esters is 1. The van der Waals surface area contributed by atoms with Gasteiger partial charge in [-0.05, 0) is 24.3 Å². The van der Waals surface area contributed by atoms with E-state index in [4.69, 9.17) is 11.6 Å². The number of carbonyl (C=O) groups excluding carboxylic acids is 2. The summed E-state index contributed by atoms with van der Waals surface area (Å²) in [6.45, 7) is -0.537. The van der Waals surface area contributed by atoms with Crippen molar-refractivity contribution >= 4 is 67.4 Å². The topological polar surface area (TPSA) is 119 Å². The van der Waals surface area contributed by atoms with E-state index in [2.05, 4.69) is 20.3 Å². The number of methoxy groups -OCH3 is 1. The standard InChI is InChI=1S/C19H17ClN4O5S3/c1-29-17(26)12-30-19-23-22-18(31-19)21-16(25)11-24(15-10-6-5-9-14(15)20)32(27,28)13-7-3-2-4-8-13/h2-10H,11-12H2,1H3,(H,21,22,25). The van der Waals surface area contributed by atoms with Gasteiger partial charge >= 0.3 is 5.97 Å². The second-order valence-corrected chi connectivity index (χ2v) is 10.5. The van der Waals surface area contributed by atoms with Crippen molar-refractivity contribution in [3.8, 4) is 0 Å². The van der Waals surface area contributed by atoms with E-state index >= 15 is 0 Å². The maximum absolute atomic E-state index is 13.3. The lowest BCUT2D eigenvalue weighted by Gasteiger charge is -2.24. The van der Waals surface area contributed by atoms with Gasteiger partial charge in [0.25, 0.3) is 10.0 Å². The number of para-hydroxylation sites is 1. The van der Waals surface area contributed by atoms with Crippen molar-refractivity contribution in [1.82, 2.24) is 10.2 Å². The molecule has 0 unspecified atom stereocenters. The fourth-order valence-electron chi connectivity index (χ4n) is 2.46. The van der Waals surface area contributed by atoms with E-state index in [0.717, 1.165) is 27.4 Å². The molecule has 1 heterocycles. The molecule has 3 rings (SSSR count). The molecule has 0 aliphatic carbocycles. The van der Waals surface area contributed by atoms with Crippen LogP contribution in [0.1, 0.15) is 0 Å². The third-order valence-corrected chi connectivity index (χ3v) is 7.97. The van der Waals surface area contributed by atoms with Crippen LogP contribution in [-0.4, -0.2) is 49.9 Å². The number of carbonyl (C=O) groups is 2. The van der Waals surface area contributed by atoms with Crippen LogP contribution in [0.2, 0.25) is 5.02 Å². The number of hydrogen-bond acceptors (Lipinski definition) is 9. The predicted molar refractivity (Wildman–Crippen MR) is 124 cm³/mol. The van der Waals surface area contributed by atoms with E-state index in [0.29, 0.717) is 4.34 Å². The summed E-state index contributed by atoms with van der Waals surface area (Å²) in [5, 5.41) is 10.6. The van der Waals surface area contributed by atoms with Crippen LogP contribution in [0.4, 0.5) is 10.8 Å². The maximum atomic E-state index is 13.3. The minimum absolute atomic E-state index is 0.0186. The number of benzene rings is 2. The third-order valence-electron chi connectivity index (χ3n) is 3.93. The van der Waals surface area contributed by atoms with E-state index in [1.54, 1.807) is 30.3 Å². The minimum atomic E-state index is -4.08. The van der Waals surface area contributed by atoms with Crippen molar-refractivity contribution < 1.29 is 22.7 Å². The van der Waals surface area contributed by atoms with Gasteiger partial charge in [-0.3, -0.25) is 19.2 Å². The first kappa shape index (κ1) is 24.0. The zero-order valence-corrected chi connectivity index (χ0v) is 19.8. The molecule has 2 aromatic carbocycles. The Morgan fingerprint density at radius 1 is 1.12 bits per heavy atom. The minimum Gasteiger partial charge on any atom is -0.468 e. The summed E-state index contributed by atoms with van der Waals surface area (Å²) in [5.41, 5.74) is 0.166. The molecule has 168 valence electrons. The predicted octanol–water partition coefficient (Wildman–Crippen LogP) is 3.29. The summed E-state index contributed by atoms with van der Waals surface area (Å²) >= 11 is 8.39. The Morgan fingerprint density at radius 2 is 1.81 bits per heavy atom. The lowest BCUT2D eigenvalue weighted by molar-refractivity contribution is -0.137. The highest BCUT2D eigenvalue weighted by Gasteiger charge is 2.28. The van der Waals surface area contributed by atoms with Crippen LogP contribution < -0.4 is 9.62 Å². The lowest BCUT2D eigenvalue weighted by atomic mass is 10.3. The second kappa shape index (κ2) is 10.8. The van der Waals surface area contributed by atoms with Crippen molar-refractivity contribution in [2.24, 2.45) is 0 Å². The van der Waals surface area contributed by atoms with E-state index in [9.17, 15) is 18.0 Å². The van der Waals surface area contributed by atoms with Crippen LogP contribution >= 0.6 is 34.7 Å². The van der Waals surface area contributed by atoms with Gasteiger partial charge in [0.2, 0.25) is 11.0 Å². The highest BCUT2D eigenvalue weighted by Crippen LogP contribution is 2.30. The van der Waals surface area contributed by atoms with Gasteiger partial charge in [-0.25, -0.2) is 8.42 Å². The Kier molecular flexibility index (Phi) is 8.07. The van der Waals surface area contributed by atoms with Crippen LogP contribution in [0.5, 0.6) is 0 Å². The SMILES string of the molecule is COC(=O)CSc1nnc(NC(=O)CN(c2ccccc2Cl)S(=O)(=O)c2ccccc2)s1. The lowest BCUT2D eigenvalue weighted by Crippen LogP contribution is -2.38. The Labute approximate surface area is 197 Å². The fraction of sp³-hybridized carbons (Fsp3) is 0.158. The van der Waals surface area contributed by atoms with Gasteiger partial charge in [-0.15, -0.1) is 10.2 Å². The number of anilines is 2. The number of aromatic nitrogens is 2. The quantitative estimate of drug-likeness (QED) is 0.263. The van der Waals surface area contributed by atoms with Gasteiger partial charge < -0.3 is 4.74 Å². The highest BCUT2D eigenvalue weighted by atomic mass is 35.5. The molecule has 0 radical (unpaired) electrons. The third kappa shape index (κ3) is 5.97. The largest absolute Gasteiger partial charge is 0.468 e. The molecule has 0 aliphatic heterocycles. The van der Waals surface area contributed by atoms with Gasteiger partial charge in [0.1, 0.15) is 6.54 Å². The average molecular weight is 513 g/mol. The molecule has 13 heteroatoms. The molecule has 0 fully saturated rings. The molecule has 0 saturated carbocycles. The molecule has 32 heavy (non-hydrogen) atoms. The smallest absolute Gasteiger partial charge is 0.316 e. The summed E-state index contributed by atoms with van der Waals surface area (Å²) in [5.74, 6) is -1.00. The molecular formula is C19H17ClN4O5S3. The average Bonchev–Trinajstić information content (AvgIpc) is 3.24. The maximum Gasteiger partial charge on any atom is 0.316 e. The molecule has 3 aromatic rings. The number of rotatable bonds is 9. The van der Waals surface area contributed by atoms with Gasteiger partial charge in [0.05, 0.1) is 28.5 Å². The summed E-state index contributed by atoms with van der Waals surface area (Å²) in [4.78, 5) is 24.0. The molecule has 0 bridgehead atoms. The monoisotopic (exact) mass is 512 g/mol. The normalized spacial score (nSPS) is 11.1. The van der Waals surface area contributed by atoms with Crippen molar-refractivity contribution in [3.63, 3.8) is 0 Å². The molecule has 1 amide bonds. The molecule has 1 aromatic heterocycles. The first-order valence-corrected chi connectivity index (χ1v) is 12.6. The van der Waals surface area contributed by atoms with Gasteiger partial charge in [-0.2, -0.15) is 0 Å². The zero-order chi connectivity index (χ0) is 23.1. The van der Waals surface area contributed by atoms with Crippen LogP contribution in [0.15, 0.2) is 63.8 Å². The van der Waals surface area contributed by atoms with Crippen LogP contribution in [0.25, 0.3) is 0 Å². The number of halogens is 1. The van der Waals surface area contributed by atoms with Gasteiger partial charge in [0.15, 0.2) is 4.34 Å². The first-order chi connectivity index (χ1) is 15.3. The van der Waals surface area contributed by atoms with Crippen molar-refractivity contribution in [2.75, 3.05) is 29.0 Å². The molecule has 9 nitrogen and oxygen atoms in total. The number of nitrogens with one attached hydrogen (secondary N) is 1. The number of hydrogen-bond donors (Lipinski definition) is 1. The van der Waals surface area contributed by atoms with Crippen molar-refractivity contribution in [1.29, 1.82) is 0 Å². The number of nitrogens with zero attached hydrogens (tertiary/aromatic N) is 3. The van der Waals surface area contributed by atoms with Crippen LogP contribution in [0, 0.1) is 0 Å². The fourth-order valence-corrected chi connectivity index (χ4v) is 5.81. The molecule has 0 aliphatic rings. The van der Waals surface area contributed by atoms with Crippen LogP contribution in [0.3, 0.4) is 0 Å². The Balaban J connectivity index is 1.80. The van der Waals surface area contributed by atoms with Crippen molar-refractivity contribution in [2.45, 2.75) is 9.24 Å². The van der Waals surface area contributed by atoms with E-state index in [-0.39, 0.29) is 26.5 Å². The zero-order valence-electron chi connectivity index (χ0n) is 16.6. The van der Waals surface area contributed by atoms with E-state index in [1.165, 1.54) is 31.4 Å². The Morgan fingerprint density at radius 3 is 2.50 bits per heavy atom. The number of thioether (sulfide) groups is 1. The summed E-state index contributed by atoms with van der Waals surface area (Å²) in [6, 6.07) is 14.1. The van der Waals surface area contributed by atoms with E-state index < -0.39 is 28.4 Å². The Bertz CT molecular complexity index is 1200. The molecular weight excluding hydrogens is 496 g/mol. The highest BCUT2D eigenvalue weighted by molar-refractivity contribution is 8.01. The van der Waals surface area contributed by atoms with E-state index in [1.807, 2.05) is 0 Å². The number of ether oxygens (including phenoxy) is 1. The number of amides is 1. The summed E-state index contributed by atoms with van der Waals surface area (Å²) in [7, 11) is -2.80. The summed E-state index contributed by atoms with van der Waals surface area (Å²) < 4.78 is 32.5. The first-order valence-electron chi connectivity index (χ1n) is 8.96. The molecule has 1 N–H and O–H groups in total. The number of sulfonamides is 1. The Hall–Kier alpha value is -2.67. The van der Waals surface area contributed by atoms with Gasteiger partial charge in [-0.1, -0.05) is 65.0 Å². The van der Waals surface area contributed by atoms with Gasteiger partial charge in [0, 0.05) is 0 Å². The summed E-state index contributed by atoms with van der Waals surface area (Å²) in [6.07, 6.45) is 0. The molecule has 0 spiro atoms.